The van der Waals surface area contributed by atoms with Crippen molar-refractivity contribution >= 4 is 11.5 Å². The lowest BCUT2D eigenvalue weighted by molar-refractivity contribution is 0.463. The number of fused-ring (bicyclic) bond motifs is 1. The average Bonchev–Trinajstić information content (AvgIpc) is 2.89. The van der Waals surface area contributed by atoms with Gasteiger partial charge in [-0.3, -0.25) is 9.38 Å². The highest BCUT2D eigenvalue weighted by atomic mass is 16.5. The van der Waals surface area contributed by atoms with Gasteiger partial charge in [0.05, 0.1) is 12.4 Å². The summed E-state index contributed by atoms with van der Waals surface area (Å²) in [5.41, 5.74) is 4.02. The lowest BCUT2D eigenvalue weighted by Gasteiger charge is -2.08. The van der Waals surface area contributed by atoms with E-state index in [2.05, 4.69) is 20.4 Å². The van der Waals surface area contributed by atoms with E-state index in [1.807, 2.05) is 19.1 Å². The molecule has 3 N–H and O–H groups in total. The summed E-state index contributed by atoms with van der Waals surface area (Å²) in [5.74, 6) is 6.83. The Hall–Kier alpha value is -2.67. The third-order valence-corrected chi connectivity index (χ3v) is 2.59. The zero-order valence-electron chi connectivity index (χ0n) is 10.2. The molecule has 3 aromatic heterocycles. The largest absolute Gasteiger partial charge is 0.434 e. The Balaban J connectivity index is 2.03. The molecule has 3 rings (SSSR count). The number of nitrogens with zero attached hydrogens (tertiary/aromatic N) is 4. The maximum atomic E-state index is 5.69. The SMILES string of the molecule is Cc1ccc(Oc2nc(NN)cn3ccnc23)cn1. The maximum Gasteiger partial charge on any atom is 0.265 e. The Morgan fingerprint density at radius 1 is 1.32 bits per heavy atom. The van der Waals surface area contributed by atoms with Crippen LogP contribution >= 0.6 is 0 Å². The number of nitrogen functional groups attached to an aromatic ring is 1. The summed E-state index contributed by atoms with van der Waals surface area (Å²) in [6.45, 7) is 1.91. The number of aromatic nitrogens is 4. The minimum atomic E-state index is 0.367. The summed E-state index contributed by atoms with van der Waals surface area (Å²) in [5, 5.41) is 0. The molecule has 96 valence electrons. The van der Waals surface area contributed by atoms with Gasteiger partial charge in [-0.1, -0.05) is 0 Å². The molecule has 0 aliphatic heterocycles. The van der Waals surface area contributed by atoms with Crippen LogP contribution in [0.4, 0.5) is 5.82 Å². The highest BCUT2D eigenvalue weighted by Crippen LogP contribution is 2.24. The number of hydrogen-bond donors (Lipinski definition) is 2. The fourth-order valence-corrected chi connectivity index (χ4v) is 1.67. The van der Waals surface area contributed by atoms with Crippen molar-refractivity contribution in [3.05, 3.63) is 42.6 Å². The number of rotatable bonds is 3. The van der Waals surface area contributed by atoms with Crippen LogP contribution < -0.4 is 16.0 Å². The van der Waals surface area contributed by atoms with Gasteiger partial charge < -0.3 is 10.2 Å². The van der Waals surface area contributed by atoms with Gasteiger partial charge in [-0.25, -0.2) is 10.8 Å². The van der Waals surface area contributed by atoms with Crippen molar-refractivity contribution in [1.82, 2.24) is 19.4 Å². The third kappa shape index (κ3) is 2.18. The molecule has 7 nitrogen and oxygen atoms in total. The van der Waals surface area contributed by atoms with Crippen LogP contribution in [-0.2, 0) is 0 Å². The van der Waals surface area contributed by atoms with E-state index in [4.69, 9.17) is 10.6 Å². The minimum absolute atomic E-state index is 0.367. The minimum Gasteiger partial charge on any atom is -0.434 e. The number of hydrogen-bond acceptors (Lipinski definition) is 6. The van der Waals surface area contributed by atoms with Crippen molar-refractivity contribution in [3.63, 3.8) is 0 Å². The smallest absolute Gasteiger partial charge is 0.265 e. The topological polar surface area (TPSA) is 90.4 Å². The van der Waals surface area contributed by atoms with E-state index in [0.717, 1.165) is 5.69 Å². The van der Waals surface area contributed by atoms with Gasteiger partial charge in [0.25, 0.3) is 5.88 Å². The Kier molecular flexibility index (Phi) is 2.73. The first kappa shape index (κ1) is 11.4. The first-order chi connectivity index (χ1) is 9.26. The molecule has 0 aliphatic carbocycles. The summed E-state index contributed by atoms with van der Waals surface area (Å²) in [7, 11) is 0. The Morgan fingerprint density at radius 2 is 2.21 bits per heavy atom. The molecule has 0 aliphatic rings. The van der Waals surface area contributed by atoms with Gasteiger partial charge in [0.1, 0.15) is 5.75 Å². The van der Waals surface area contributed by atoms with Crippen molar-refractivity contribution in [3.8, 4) is 11.6 Å². The highest BCUT2D eigenvalue weighted by molar-refractivity contribution is 5.54. The normalized spacial score (nSPS) is 10.6. The number of imidazole rings is 1. The second-order valence-corrected chi connectivity index (χ2v) is 3.97. The van der Waals surface area contributed by atoms with Crippen LogP contribution in [-0.4, -0.2) is 19.4 Å². The summed E-state index contributed by atoms with van der Waals surface area (Å²) in [4.78, 5) is 12.6. The highest BCUT2D eigenvalue weighted by Gasteiger charge is 2.09. The summed E-state index contributed by atoms with van der Waals surface area (Å²) in [6, 6.07) is 3.69. The van der Waals surface area contributed by atoms with Gasteiger partial charge in [0.2, 0.25) is 5.65 Å². The van der Waals surface area contributed by atoms with E-state index in [1.165, 1.54) is 0 Å². The zero-order chi connectivity index (χ0) is 13.2. The molecule has 19 heavy (non-hydrogen) atoms. The lowest BCUT2D eigenvalue weighted by atomic mass is 10.4. The number of hydrazine groups is 1. The molecule has 0 atom stereocenters. The van der Waals surface area contributed by atoms with Crippen molar-refractivity contribution < 1.29 is 4.74 Å². The fourth-order valence-electron chi connectivity index (χ4n) is 1.67. The van der Waals surface area contributed by atoms with Crippen LogP contribution in [0.2, 0.25) is 0 Å². The second kappa shape index (κ2) is 4.54. The summed E-state index contributed by atoms with van der Waals surface area (Å²) >= 11 is 0. The Morgan fingerprint density at radius 3 is 2.95 bits per heavy atom. The number of pyridine rings is 1. The molecule has 0 saturated heterocycles. The number of aryl methyl sites for hydroxylation is 1. The van der Waals surface area contributed by atoms with E-state index in [-0.39, 0.29) is 0 Å². The lowest BCUT2D eigenvalue weighted by Crippen LogP contribution is -2.10. The number of ether oxygens (including phenoxy) is 1. The molecular formula is C12H12N6O. The van der Waals surface area contributed by atoms with Gasteiger partial charge >= 0.3 is 0 Å². The molecule has 0 fully saturated rings. The van der Waals surface area contributed by atoms with Gasteiger partial charge in [-0.2, -0.15) is 4.98 Å². The Bertz CT molecular complexity index is 706. The van der Waals surface area contributed by atoms with Crippen molar-refractivity contribution in [2.24, 2.45) is 5.84 Å². The predicted octanol–water partition coefficient (Wildman–Crippen LogP) is 1.51. The molecule has 0 radical (unpaired) electrons. The van der Waals surface area contributed by atoms with Gasteiger partial charge in [0.15, 0.2) is 5.82 Å². The van der Waals surface area contributed by atoms with E-state index in [0.29, 0.717) is 23.1 Å². The second-order valence-electron chi connectivity index (χ2n) is 3.97. The molecule has 0 saturated carbocycles. The van der Waals surface area contributed by atoms with Gasteiger partial charge in [-0.15, -0.1) is 0 Å². The molecule has 3 aromatic rings. The predicted molar refractivity (Wildman–Crippen MR) is 69.8 cm³/mol. The molecule has 0 amide bonds. The van der Waals surface area contributed by atoms with Crippen molar-refractivity contribution in [2.45, 2.75) is 6.92 Å². The molecule has 0 aromatic carbocycles. The first-order valence-electron chi connectivity index (χ1n) is 5.67. The summed E-state index contributed by atoms with van der Waals surface area (Å²) < 4.78 is 7.47. The van der Waals surface area contributed by atoms with E-state index < -0.39 is 0 Å². The molecule has 0 spiro atoms. The molecular weight excluding hydrogens is 244 g/mol. The van der Waals surface area contributed by atoms with Crippen LogP contribution in [0.15, 0.2) is 36.9 Å². The van der Waals surface area contributed by atoms with Crippen LogP contribution in [0.25, 0.3) is 5.65 Å². The molecule has 0 bridgehead atoms. The maximum absolute atomic E-state index is 5.69. The monoisotopic (exact) mass is 256 g/mol. The van der Waals surface area contributed by atoms with Gasteiger partial charge in [-0.05, 0) is 19.1 Å². The number of nitrogens with one attached hydrogen (secondary N) is 1. The van der Waals surface area contributed by atoms with Crippen LogP contribution in [0.5, 0.6) is 11.6 Å². The van der Waals surface area contributed by atoms with Crippen LogP contribution in [0.3, 0.4) is 0 Å². The van der Waals surface area contributed by atoms with E-state index >= 15 is 0 Å². The third-order valence-electron chi connectivity index (χ3n) is 2.59. The standard InChI is InChI=1S/C12H12N6O/c1-8-2-3-9(6-15-8)19-12-11-14-4-5-18(11)7-10(16-12)17-13/h2-7,17H,13H2,1H3. The van der Waals surface area contributed by atoms with E-state index in [9.17, 15) is 0 Å². The van der Waals surface area contributed by atoms with Crippen LogP contribution in [0, 0.1) is 6.92 Å². The van der Waals surface area contributed by atoms with Crippen molar-refractivity contribution in [1.29, 1.82) is 0 Å². The first-order valence-corrected chi connectivity index (χ1v) is 5.67. The quantitative estimate of drug-likeness (QED) is 0.545. The number of anilines is 1. The van der Waals surface area contributed by atoms with Crippen LogP contribution in [0.1, 0.15) is 5.69 Å². The fraction of sp³-hybridized carbons (Fsp3) is 0.0833. The molecule has 0 unspecified atom stereocenters. The average molecular weight is 256 g/mol. The zero-order valence-corrected chi connectivity index (χ0v) is 10.2. The number of nitrogens with two attached hydrogens (primary N) is 1. The van der Waals surface area contributed by atoms with Gasteiger partial charge in [0, 0.05) is 18.1 Å². The molecule has 7 heteroatoms. The Labute approximate surface area is 109 Å². The van der Waals surface area contributed by atoms with E-state index in [1.54, 1.807) is 29.2 Å². The summed E-state index contributed by atoms with van der Waals surface area (Å²) in [6.07, 6.45) is 6.82. The molecule has 3 heterocycles. The van der Waals surface area contributed by atoms with Crippen molar-refractivity contribution in [2.75, 3.05) is 5.43 Å².